The van der Waals surface area contributed by atoms with E-state index in [1.807, 2.05) is 24.3 Å². The van der Waals surface area contributed by atoms with Crippen LogP contribution in [0.1, 0.15) is 60.0 Å². The Hall–Kier alpha value is -3.35. The number of piperidine rings is 1. The predicted octanol–water partition coefficient (Wildman–Crippen LogP) is 6.04. The summed E-state index contributed by atoms with van der Waals surface area (Å²) >= 11 is 0. The minimum atomic E-state index is 0.0728. The van der Waals surface area contributed by atoms with Crippen molar-refractivity contribution in [2.24, 2.45) is 0 Å². The first-order chi connectivity index (χ1) is 20.2. The highest BCUT2D eigenvalue weighted by Crippen LogP contribution is 2.31. The molecule has 1 amide bonds. The standard InChI is InChI=1S/C35H44N4O2/c40-35(29-13-9-14-33(24-29)41-23-22-37-20-7-2-8-21-37)38-26-30-12-5-6-15-34(30)36-19-18-31-16-17-32(27-38)39(31)25-28-10-3-1-4-11-28/h1,3-6,9-15,24,31-32,36H,2,7-8,16-23,25-27H2/t31-,32+/m0/s1. The number of carbonyl (C=O) groups is 1. The summed E-state index contributed by atoms with van der Waals surface area (Å²) in [6.45, 7) is 7.08. The van der Waals surface area contributed by atoms with Crippen LogP contribution < -0.4 is 10.1 Å². The second kappa shape index (κ2) is 13.5. The Morgan fingerprint density at radius 1 is 0.854 bits per heavy atom. The molecular formula is C35H44N4O2. The molecule has 2 atom stereocenters. The van der Waals surface area contributed by atoms with Crippen LogP contribution in [-0.4, -0.2) is 72.0 Å². The number of carbonyl (C=O) groups excluding carboxylic acids is 1. The van der Waals surface area contributed by atoms with Gasteiger partial charge >= 0.3 is 0 Å². The summed E-state index contributed by atoms with van der Waals surface area (Å²) in [7, 11) is 0. The number of anilines is 1. The molecule has 1 N–H and O–H groups in total. The SMILES string of the molecule is O=C(c1cccc(OCCN2CCCCC2)c1)N1Cc2ccccc2NCC[C@@H]2CC[C@H](C1)N2Cc1ccccc1. The number of hydrogen-bond donors (Lipinski definition) is 1. The lowest BCUT2D eigenvalue weighted by atomic mass is 10.1. The molecule has 0 unspecified atom stereocenters. The van der Waals surface area contributed by atoms with Crippen molar-refractivity contribution in [2.75, 3.05) is 44.6 Å². The average molecular weight is 553 g/mol. The van der Waals surface area contributed by atoms with Crippen molar-refractivity contribution < 1.29 is 9.53 Å². The summed E-state index contributed by atoms with van der Waals surface area (Å²) in [5.41, 5.74) is 4.34. The minimum Gasteiger partial charge on any atom is -0.492 e. The fraction of sp³-hybridized carbons (Fsp3) is 0.457. The normalized spacial score (nSPS) is 21.9. The highest BCUT2D eigenvalue weighted by atomic mass is 16.5. The van der Waals surface area contributed by atoms with Gasteiger partial charge in [0.15, 0.2) is 0 Å². The van der Waals surface area contributed by atoms with Gasteiger partial charge < -0.3 is 15.0 Å². The van der Waals surface area contributed by atoms with Gasteiger partial charge in [-0.05, 0) is 80.6 Å². The van der Waals surface area contributed by atoms with Gasteiger partial charge in [0.1, 0.15) is 12.4 Å². The van der Waals surface area contributed by atoms with Crippen LogP contribution in [0.15, 0.2) is 78.9 Å². The van der Waals surface area contributed by atoms with E-state index in [9.17, 15) is 4.79 Å². The molecule has 0 aromatic heterocycles. The van der Waals surface area contributed by atoms with Crippen LogP contribution in [0.3, 0.4) is 0 Å². The lowest BCUT2D eigenvalue weighted by molar-refractivity contribution is 0.0663. The highest BCUT2D eigenvalue weighted by Gasteiger charge is 2.35. The third-order valence-electron chi connectivity index (χ3n) is 9.07. The summed E-state index contributed by atoms with van der Waals surface area (Å²) in [5.74, 6) is 0.850. The van der Waals surface area contributed by atoms with Crippen molar-refractivity contribution in [3.05, 3.63) is 95.6 Å². The quantitative estimate of drug-likeness (QED) is 0.387. The van der Waals surface area contributed by atoms with Gasteiger partial charge in [0.25, 0.3) is 5.91 Å². The molecule has 2 saturated heterocycles. The molecule has 3 aliphatic rings. The number of ether oxygens (including phenoxy) is 1. The second-order valence-corrected chi connectivity index (χ2v) is 11.9. The Labute approximate surface area is 245 Å². The van der Waals surface area contributed by atoms with Crippen molar-refractivity contribution in [1.29, 1.82) is 0 Å². The van der Waals surface area contributed by atoms with Crippen LogP contribution in [-0.2, 0) is 13.1 Å². The zero-order valence-corrected chi connectivity index (χ0v) is 24.2. The third kappa shape index (κ3) is 7.11. The molecule has 3 heterocycles. The van der Waals surface area contributed by atoms with Crippen molar-refractivity contribution in [3.8, 4) is 5.75 Å². The summed E-state index contributed by atoms with van der Waals surface area (Å²) in [6.07, 6.45) is 7.28. The van der Waals surface area contributed by atoms with E-state index in [1.165, 1.54) is 36.8 Å². The number of fused-ring (bicyclic) bond motifs is 3. The van der Waals surface area contributed by atoms with Gasteiger partial charge in [0, 0.05) is 56.1 Å². The molecule has 3 aliphatic heterocycles. The first-order valence-corrected chi connectivity index (χ1v) is 15.6. The number of para-hydroxylation sites is 1. The highest BCUT2D eigenvalue weighted by molar-refractivity contribution is 5.94. The van der Waals surface area contributed by atoms with Crippen LogP contribution in [0.5, 0.6) is 5.75 Å². The molecule has 6 heteroatoms. The zero-order valence-electron chi connectivity index (χ0n) is 24.2. The van der Waals surface area contributed by atoms with Gasteiger partial charge in [-0.3, -0.25) is 14.6 Å². The predicted molar refractivity (Wildman–Crippen MR) is 165 cm³/mol. The van der Waals surface area contributed by atoms with Crippen LogP contribution in [0, 0.1) is 0 Å². The van der Waals surface area contributed by atoms with Gasteiger partial charge in [-0.25, -0.2) is 0 Å². The van der Waals surface area contributed by atoms with Crippen LogP contribution >= 0.6 is 0 Å². The first-order valence-electron chi connectivity index (χ1n) is 15.6. The fourth-order valence-electron chi connectivity index (χ4n) is 6.83. The van der Waals surface area contributed by atoms with Gasteiger partial charge in [-0.15, -0.1) is 0 Å². The summed E-state index contributed by atoms with van der Waals surface area (Å²) in [5, 5.41) is 3.70. The molecule has 2 fully saturated rings. The van der Waals surface area contributed by atoms with Gasteiger partial charge in [-0.1, -0.05) is 61.0 Å². The Bertz CT molecular complexity index is 1280. The number of amides is 1. The number of hydrogen-bond acceptors (Lipinski definition) is 5. The Morgan fingerprint density at radius 2 is 1.66 bits per heavy atom. The summed E-state index contributed by atoms with van der Waals surface area (Å²) in [6, 6.07) is 27.9. The minimum absolute atomic E-state index is 0.0728. The van der Waals surface area contributed by atoms with Crippen LogP contribution in [0.4, 0.5) is 5.69 Å². The average Bonchev–Trinajstić information content (AvgIpc) is 3.37. The van der Waals surface area contributed by atoms with Gasteiger partial charge in [0.2, 0.25) is 0 Å². The Kier molecular flexibility index (Phi) is 9.18. The maximum atomic E-state index is 14.2. The third-order valence-corrected chi connectivity index (χ3v) is 9.07. The lowest BCUT2D eigenvalue weighted by Gasteiger charge is -2.34. The number of likely N-dealkylation sites (tertiary alicyclic amines) is 1. The first kappa shape index (κ1) is 27.8. The number of nitrogens with one attached hydrogen (secondary N) is 1. The topological polar surface area (TPSA) is 48.1 Å². The van der Waals surface area contributed by atoms with E-state index in [1.54, 1.807) is 0 Å². The van der Waals surface area contributed by atoms with E-state index in [4.69, 9.17) is 4.74 Å². The second-order valence-electron chi connectivity index (χ2n) is 11.9. The molecule has 216 valence electrons. The lowest BCUT2D eigenvalue weighted by Crippen LogP contribution is -2.44. The fourth-order valence-corrected chi connectivity index (χ4v) is 6.83. The number of nitrogens with zero attached hydrogens (tertiary/aromatic N) is 3. The summed E-state index contributed by atoms with van der Waals surface area (Å²) in [4.78, 5) is 21.4. The Morgan fingerprint density at radius 3 is 2.54 bits per heavy atom. The molecule has 3 aromatic carbocycles. The molecular weight excluding hydrogens is 508 g/mol. The summed E-state index contributed by atoms with van der Waals surface area (Å²) < 4.78 is 6.14. The molecule has 6 rings (SSSR count). The molecule has 2 bridgehead atoms. The molecule has 3 aromatic rings. The molecule has 0 aliphatic carbocycles. The number of rotatable bonds is 7. The molecule has 6 nitrogen and oxygen atoms in total. The smallest absolute Gasteiger partial charge is 0.254 e. The van der Waals surface area contributed by atoms with Gasteiger partial charge in [-0.2, -0.15) is 0 Å². The monoisotopic (exact) mass is 552 g/mol. The van der Waals surface area contributed by atoms with Crippen LogP contribution in [0.25, 0.3) is 0 Å². The maximum absolute atomic E-state index is 14.2. The van der Waals surface area contributed by atoms with E-state index in [2.05, 4.69) is 74.6 Å². The van der Waals surface area contributed by atoms with E-state index < -0.39 is 0 Å². The van der Waals surface area contributed by atoms with E-state index >= 15 is 0 Å². The maximum Gasteiger partial charge on any atom is 0.254 e. The molecule has 41 heavy (non-hydrogen) atoms. The largest absolute Gasteiger partial charge is 0.492 e. The zero-order chi connectivity index (χ0) is 27.9. The Balaban J connectivity index is 1.21. The molecule has 0 radical (unpaired) electrons. The van der Waals surface area contributed by atoms with E-state index in [0.717, 1.165) is 63.5 Å². The van der Waals surface area contributed by atoms with Crippen molar-refractivity contribution >= 4 is 11.6 Å². The molecule has 0 spiro atoms. The van der Waals surface area contributed by atoms with Crippen molar-refractivity contribution in [1.82, 2.24) is 14.7 Å². The molecule has 0 saturated carbocycles. The number of benzene rings is 3. The van der Waals surface area contributed by atoms with E-state index in [-0.39, 0.29) is 5.91 Å². The van der Waals surface area contributed by atoms with Crippen molar-refractivity contribution in [3.63, 3.8) is 0 Å². The van der Waals surface area contributed by atoms with Crippen LogP contribution in [0.2, 0.25) is 0 Å². The van der Waals surface area contributed by atoms with Gasteiger partial charge in [0.05, 0.1) is 0 Å². The van der Waals surface area contributed by atoms with Crippen molar-refractivity contribution in [2.45, 2.75) is 63.7 Å². The van der Waals surface area contributed by atoms with E-state index in [0.29, 0.717) is 30.8 Å².